The zero-order valence-electron chi connectivity index (χ0n) is 11.4. The molecule has 0 heterocycles. The Balaban J connectivity index is 2.95. The molecule has 0 aliphatic rings. The predicted octanol–water partition coefficient (Wildman–Crippen LogP) is 1.46. The van der Waals surface area contributed by atoms with Crippen LogP contribution in [-0.4, -0.2) is 33.6 Å². The number of rotatable bonds is 6. The van der Waals surface area contributed by atoms with Crippen LogP contribution in [0.1, 0.15) is 37.5 Å². The van der Waals surface area contributed by atoms with Crippen molar-refractivity contribution in [2.75, 3.05) is 0 Å². The third kappa shape index (κ3) is 5.63. The van der Waals surface area contributed by atoms with Crippen LogP contribution >= 0.6 is 0 Å². The van der Waals surface area contributed by atoms with Gasteiger partial charge in [-0.2, -0.15) is 0 Å². The van der Waals surface area contributed by atoms with Crippen molar-refractivity contribution in [3.05, 3.63) is 34.9 Å². The summed E-state index contributed by atoms with van der Waals surface area (Å²) in [6.45, 7) is 5.28. The third-order valence-electron chi connectivity index (χ3n) is 2.71. The molecule has 0 bridgehead atoms. The first kappa shape index (κ1) is 15.2. The van der Waals surface area contributed by atoms with Gasteiger partial charge in [0, 0.05) is 0 Å². The number of hydrogen-bond donors (Lipinski definition) is 3. The van der Waals surface area contributed by atoms with Crippen LogP contribution in [0, 0.1) is 0 Å². The second-order valence-electron chi connectivity index (χ2n) is 5.32. The summed E-state index contributed by atoms with van der Waals surface area (Å²) in [4.78, 5) is 0. The average molecular weight is 252 g/mol. The summed E-state index contributed by atoms with van der Waals surface area (Å²) in [6.07, 6.45) is 0.644. The molecule has 102 valence electrons. The number of hydrogen-bond acceptors (Lipinski definition) is 3. The highest BCUT2D eigenvalue weighted by molar-refractivity contribution is 5.31. The molecular formula is C15H24O3. The standard InChI is InChI=1S/C15H24O3/c1-10(16)4-13-7-14(5-11(2)17)9-15(8-13)6-12(3)18/h7-12,16-18H,4-6H2,1-3H3. The van der Waals surface area contributed by atoms with E-state index in [0.717, 1.165) is 16.7 Å². The lowest BCUT2D eigenvalue weighted by molar-refractivity contribution is 0.193. The van der Waals surface area contributed by atoms with Crippen LogP contribution in [0.4, 0.5) is 0 Å². The minimum Gasteiger partial charge on any atom is -0.393 e. The maximum absolute atomic E-state index is 9.45. The smallest absolute Gasteiger partial charge is 0.0552 e. The van der Waals surface area contributed by atoms with E-state index in [2.05, 4.69) is 0 Å². The maximum Gasteiger partial charge on any atom is 0.0552 e. The zero-order chi connectivity index (χ0) is 13.7. The Morgan fingerprint density at radius 2 is 0.889 bits per heavy atom. The molecule has 1 rings (SSSR count). The summed E-state index contributed by atoms with van der Waals surface area (Å²) in [6, 6.07) is 6.06. The van der Waals surface area contributed by atoms with Gasteiger partial charge in [-0.25, -0.2) is 0 Å². The van der Waals surface area contributed by atoms with Crippen molar-refractivity contribution < 1.29 is 15.3 Å². The molecule has 0 aromatic heterocycles. The van der Waals surface area contributed by atoms with Crippen LogP contribution in [0.15, 0.2) is 18.2 Å². The van der Waals surface area contributed by atoms with Crippen molar-refractivity contribution >= 4 is 0 Å². The highest BCUT2D eigenvalue weighted by Gasteiger charge is 2.08. The van der Waals surface area contributed by atoms with Gasteiger partial charge in [0.25, 0.3) is 0 Å². The van der Waals surface area contributed by atoms with Gasteiger partial charge in [0.05, 0.1) is 18.3 Å². The van der Waals surface area contributed by atoms with Crippen molar-refractivity contribution in [3.63, 3.8) is 0 Å². The Morgan fingerprint density at radius 1 is 0.667 bits per heavy atom. The van der Waals surface area contributed by atoms with Gasteiger partial charge in [-0.05, 0) is 56.7 Å². The monoisotopic (exact) mass is 252 g/mol. The molecule has 18 heavy (non-hydrogen) atoms. The van der Waals surface area contributed by atoms with Gasteiger partial charge in [0.15, 0.2) is 0 Å². The van der Waals surface area contributed by atoms with E-state index in [4.69, 9.17) is 0 Å². The third-order valence-corrected chi connectivity index (χ3v) is 2.71. The largest absolute Gasteiger partial charge is 0.393 e. The SMILES string of the molecule is CC(O)Cc1cc(CC(C)O)cc(CC(C)O)c1. The lowest BCUT2D eigenvalue weighted by atomic mass is 9.96. The highest BCUT2D eigenvalue weighted by Crippen LogP contribution is 2.16. The zero-order valence-corrected chi connectivity index (χ0v) is 11.4. The topological polar surface area (TPSA) is 60.7 Å². The molecule has 0 radical (unpaired) electrons. The van der Waals surface area contributed by atoms with Gasteiger partial charge >= 0.3 is 0 Å². The molecule has 0 saturated carbocycles. The first-order valence-corrected chi connectivity index (χ1v) is 6.52. The van der Waals surface area contributed by atoms with Crippen LogP contribution < -0.4 is 0 Å². The van der Waals surface area contributed by atoms with Crippen molar-refractivity contribution in [1.82, 2.24) is 0 Å². The Kier molecular flexibility index (Phi) is 5.79. The van der Waals surface area contributed by atoms with E-state index in [1.54, 1.807) is 20.8 Å². The summed E-state index contributed by atoms with van der Waals surface area (Å²) in [5, 5.41) is 28.4. The molecule has 1 aromatic rings. The van der Waals surface area contributed by atoms with Crippen LogP contribution in [0.25, 0.3) is 0 Å². The van der Waals surface area contributed by atoms with E-state index >= 15 is 0 Å². The quantitative estimate of drug-likeness (QED) is 0.718. The fourth-order valence-corrected chi connectivity index (χ4v) is 2.22. The van der Waals surface area contributed by atoms with E-state index in [1.807, 2.05) is 18.2 Å². The molecule has 1 aromatic carbocycles. The molecule has 3 nitrogen and oxygen atoms in total. The van der Waals surface area contributed by atoms with Crippen LogP contribution in [0.5, 0.6) is 0 Å². The molecule has 0 amide bonds. The minimum atomic E-state index is -0.383. The van der Waals surface area contributed by atoms with E-state index < -0.39 is 0 Å². The summed E-state index contributed by atoms with van der Waals surface area (Å²) in [7, 11) is 0. The summed E-state index contributed by atoms with van der Waals surface area (Å²) in [5.74, 6) is 0. The predicted molar refractivity (Wildman–Crippen MR) is 72.6 cm³/mol. The molecule has 0 fully saturated rings. The van der Waals surface area contributed by atoms with Crippen LogP contribution in [0.2, 0.25) is 0 Å². The van der Waals surface area contributed by atoms with Gasteiger partial charge in [-0.3, -0.25) is 0 Å². The molecule has 3 atom stereocenters. The lowest BCUT2D eigenvalue weighted by Crippen LogP contribution is -2.10. The van der Waals surface area contributed by atoms with Gasteiger partial charge in [-0.1, -0.05) is 18.2 Å². The fourth-order valence-electron chi connectivity index (χ4n) is 2.22. The van der Waals surface area contributed by atoms with Crippen LogP contribution in [0.3, 0.4) is 0 Å². The van der Waals surface area contributed by atoms with Crippen molar-refractivity contribution in [1.29, 1.82) is 0 Å². The van der Waals surface area contributed by atoms with Crippen LogP contribution in [-0.2, 0) is 19.3 Å². The number of aliphatic hydroxyl groups excluding tert-OH is 3. The molecule has 3 N–H and O–H groups in total. The van der Waals surface area contributed by atoms with Crippen molar-refractivity contribution in [3.8, 4) is 0 Å². The molecule has 0 aliphatic carbocycles. The Hall–Kier alpha value is -0.900. The van der Waals surface area contributed by atoms with Crippen molar-refractivity contribution in [2.24, 2.45) is 0 Å². The highest BCUT2D eigenvalue weighted by atomic mass is 16.3. The minimum absolute atomic E-state index is 0.383. The molecule has 0 aliphatic heterocycles. The Labute approximate surface area is 109 Å². The van der Waals surface area contributed by atoms with E-state index in [9.17, 15) is 15.3 Å². The molecular weight excluding hydrogens is 228 g/mol. The molecule has 0 saturated heterocycles. The molecule has 3 unspecified atom stereocenters. The Morgan fingerprint density at radius 3 is 1.06 bits per heavy atom. The maximum atomic E-state index is 9.45. The fraction of sp³-hybridized carbons (Fsp3) is 0.600. The van der Waals surface area contributed by atoms with Gasteiger partial charge in [-0.15, -0.1) is 0 Å². The van der Waals surface area contributed by atoms with E-state index in [-0.39, 0.29) is 18.3 Å². The van der Waals surface area contributed by atoms with Crippen molar-refractivity contribution in [2.45, 2.75) is 58.3 Å². The molecule has 0 spiro atoms. The summed E-state index contributed by atoms with van der Waals surface area (Å²) in [5.41, 5.74) is 3.16. The first-order valence-electron chi connectivity index (χ1n) is 6.52. The van der Waals surface area contributed by atoms with Gasteiger partial charge < -0.3 is 15.3 Å². The summed E-state index contributed by atoms with van der Waals surface area (Å²) < 4.78 is 0. The van der Waals surface area contributed by atoms with E-state index in [0.29, 0.717) is 19.3 Å². The second kappa shape index (κ2) is 6.88. The number of aliphatic hydroxyl groups is 3. The van der Waals surface area contributed by atoms with Gasteiger partial charge in [0.1, 0.15) is 0 Å². The van der Waals surface area contributed by atoms with E-state index in [1.165, 1.54) is 0 Å². The second-order valence-corrected chi connectivity index (χ2v) is 5.32. The molecule has 3 heteroatoms. The average Bonchev–Trinajstić information content (AvgIpc) is 2.12. The number of benzene rings is 1. The Bertz CT molecular complexity index is 301. The normalized spacial score (nSPS) is 16.3. The first-order chi connectivity index (χ1) is 8.36. The summed E-state index contributed by atoms with van der Waals surface area (Å²) >= 11 is 0. The van der Waals surface area contributed by atoms with Gasteiger partial charge in [0.2, 0.25) is 0 Å². The lowest BCUT2D eigenvalue weighted by Gasteiger charge is -2.13.